The van der Waals surface area contributed by atoms with Crippen LogP contribution in [0.5, 0.6) is 11.5 Å². The summed E-state index contributed by atoms with van der Waals surface area (Å²) in [5, 5.41) is 15.1. The number of carbonyl (C=O) groups excluding carboxylic acids is 2. The van der Waals surface area contributed by atoms with Crippen LogP contribution in [0.1, 0.15) is 16.7 Å². The van der Waals surface area contributed by atoms with Gasteiger partial charge in [-0.25, -0.2) is 0 Å². The Hall–Kier alpha value is -4.28. The third-order valence-corrected chi connectivity index (χ3v) is 5.20. The van der Waals surface area contributed by atoms with Crippen molar-refractivity contribution >= 4 is 40.9 Å². The molecule has 8 heteroatoms. The second-order valence-corrected chi connectivity index (χ2v) is 8.13. The van der Waals surface area contributed by atoms with Crippen molar-refractivity contribution in [3.05, 3.63) is 87.9 Å². The maximum absolute atomic E-state index is 12.6. The Bertz CT molecular complexity index is 1290. The van der Waals surface area contributed by atoms with E-state index < -0.39 is 5.91 Å². The summed E-state index contributed by atoms with van der Waals surface area (Å²) in [5.41, 5.74) is 3.70. The maximum atomic E-state index is 12.6. The number of hydrogen-bond acceptors (Lipinski definition) is 5. The average Bonchev–Trinajstić information content (AvgIpc) is 2.84. The van der Waals surface area contributed by atoms with E-state index in [1.807, 2.05) is 44.2 Å². The molecule has 2 amide bonds. The molecule has 0 heterocycles. The highest BCUT2D eigenvalue weighted by atomic mass is 35.5. The Morgan fingerprint density at radius 2 is 1.54 bits per heavy atom. The Balaban J connectivity index is 1.72. The lowest BCUT2D eigenvalue weighted by Gasteiger charge is -2.13. The van der Waals surface area contributed by atoms with Crippen molar-refractivity contribution in [1.29, 1.82) is 5.26 Å². The molecule has 0 saturated heterocycles. The molecular weight excluding hydrogens is 466 g/mol. The zero-order valence-corrected chi connectivity index (χ0v) is 20.3. The Kier molecular flexibility index (Phi) is 8.49. The van der Waals surface area contributed by atoms with Crippen molar-refractivity contribution in [2.75, 3.05) is 24.4 Å². The molecule has 0 spiro atoms. The second kappa shape index (κ2) is 11.7. The second-order valence-electron chi connectivity index (χ2n) is 7.73. The molecule has 178 valence electrons. The van der Waals surface area contributed by atoms with E-state index in [1.165, 1.54) is 19.3 Å². The molecule has 0 aliphatic rings. The van der Waals surface area contributed by atoms with Gasteiger partial charge in [-0.2, -0.15) is 5.26 Å². The molecule has 3 aromatic rings. The number of aryl methyl sites for hydroxylation is 2. The first-order valence-electron chi connectivity index (χ1n) is 10.7. The first-order valence-corrected chi connectivity index (χ1v) is 11.0. The minimum atomic E-state index is -0.556. The number of ether oxygens (including phenoxy) is 2. The largest absolute Gasteiger partial charge is 0.493 e. The predicted octanol–water partition coefficient (Wildman–Crippen LogP) is 5.53. The molecule has 2 N–H and O–H groups in total. The quantitative estimate of drug-likeness (QED) is 0.320. The van der Waals surface area contributed by atoms with Crippen LogP contribution in [0.15, 0.2) is 66.2 Å². The van der Waals surface area contributed by atoms with E-state index in [0.29, 0.717) is 16.9 Å². The lowest BCUT2D eigenvalue weighted by molar-refractivity contribution is -0.118. The van der Waals surface area contributed by atoms with Crippen LogP contribution in [0.2, 0.25) is 5.02 Å². The number of carbonyl (C=O) groups is 2. The fourth-order valence-electron chi connectivity index (χ4n) is 3.09. The van der Waals surface area contributed by atoms with Gasteiger partial charge >= 0.3 is 0 Å². The normalized spacial score (nSPS) is 10.8. The van der Waals surface area contributed by atoms with Crippen molar-refractivity contribution in [2.45, 2.75) is 13.8 Å². The van der Waals surface area contributed by atoms with E-state index >= 15 is 0 Å². The molecule has 7 nitrogen and oxygen atoms in total. The topological polar surface area (TPSA) is 100 Å². The molecule has 0 aliphatic heterocycles. The number of halogens is 1. The first kappa shape index (κ1) is 25.3. The summed E-state index contributed by atoms with van der Waals surface area (Å²) >= 11 is 6.38. The van der Waals surface area contributed by atoms with Gasteiger partial charge in [0.1, 0.15) is 11.6 Å². The minimum Gasteiger partial charge on any atom is -0.493 e. The SMILES string of the molecule is COc1cc(/C=C(\C#N)C(=O)Nc2ccc(C)cc2)cc(Cl)c1OCC(=O)Nc1ccc(C)cc1. The van der Waals surface area contributed by atoms with E-state index in [4.69, 9.17) is 21.1 Å². The van der Waals surface area contributed by atoms with Crippen molar-refractivity contribution in [2.24, 2.45) is 0 Å². The summed E-state index contributed by atoms with van der Waals surface area (Å²) in [4.78, 5) is 24.8. The number of benzene rings is 3. The van der Waals surface area contributed by atoms with Crippen molar-refractivity contribution in [1.82, 2.24) is 0 Å². The third kappa shape index (κ3) is 7.10. The lowest BCUT2D eigenvalue weighted by Crippen LogP contribution is -2.20. The van der Waals surface area contributed by atoms with E-state index in [-0.39, 0.29) is 34.6 Å². The molecule has 35 heavy (non-hydrogen) atoms. The fourth-order valence-corrected chi connectivity index (χ4v) is 3.36. The molecule has 0 saturated carbocycles. The van der Waals surface area contributed by atoms with Gasteiger partial charge in [0.2, 0.25) is 0 Å². The van der Waals surface area contributed by atoms with Gasteiger partial charge in [-0.3, -0.25) is 9.59 Å². The molecular formula is C27H24ClN3O4. The molecule has 0 atom stereocenters. The van der Waals surface area contributed by atoms with Crippen LogP contribution in [-0.2, 0) is 9.59 Å². The molecule has 0 fully saturated rings. The summed E-state index contributed by atoms with van der Waals surface area (Å²) in [7, 11) is 1.42. The van der Waals surface area contributed by atoms with E-state index in [0.717, 1.165) is 11.1 Å². The van der Waals surface area contributed by atoms with Gasteiger partial charge in [-0.15, -0.1) is 0 Å². The number of nitrogens with zero attached hydrogens (tertiary/aromatic N) is 1. The van der Waals surface area contributed by atoms with Crippen LogP contribution < -0.4 is 20.1 Å². The number of methoxy groups -OCH3 is 1. The van der Waals surface area contributed by atoms with Gasteiger partial charge in [0, 0.05) is 11.4 Å². The van der Waals surface area contributed by atoms with Gasteiger partial charge < -0.3 is 20.1 Å². The highest BCUT2D eigenvalue weighted by Crippen LogP contribution is 2.37. The van der Waals surface area contributed by atoms with Crippen molar-refractivity contribution in [3.63, 3.8) is 0 Å². The number of hydrogen-bond donors (Lipinski definition) is 2. The highest BCUT2D eigenvalue weighted by molar-refractivity contribution is 6.32. The van der Waals surface area contributed by atoms with Gasteiger partial charge in [-0.05, 0) is 61.9 Å². The molecule has 0 bridgehead atoms. The van der Waals surface area contributed by atoms with E-state index in [2.05, 4.69) is 10.6 Å². The molecule has 0 aliphatic carbocycles. The van der Waals surface area contributed by atoms with Crippen molar-refractivity contribution < 1.29 is 19.1 Å². The zero-order chi connectivity index (χ0) is 25.4. The summed E-state index contributed by atoms with van der Waals surface area (Å²) in [5.74, 6) is -0.494. The van der Waals surface area contributed by atoms with Crippen LogP contribution in [0.25, 0.3) is 6.08 Å². The van der Waals surface area contributed by atoms with Gasteiger partial charge in [0.05, 0.1) is 12.1 Å². The van der Waals surface area contributed by atoms with Crippen molar-refractivity contribution in [3.8, 4) is 17.6 Å². The summed E-state index contributed by atoms with van der Waals surface area (Å²) in [6.07, 6.45) is 1.39. The monoisotopic (exact) mass is 489 g/mol. The van der Waals surface area contributed by atoms with E-state index in [1.54, 1.807) is 30.3 Å². The Morgan fingerprint density at radius 3 is 2.09 bits per heavy atom. The van der Waals surface area contributed by atoms with Gasteiger partial charge in [0.15, 0.2) is 18.1 Å². The molecule has 3 aromatic carbocycles. The first-order chi connectivity index (χ1) is 16.8. The van der Waals surface area contributed by atoms with Crippen LogP contribution >= 0.6 is 11.6 Å². The third-order valence-electron chi connectivity index (χ3n) is 4.92. The summed E-state index contributed by atoms with van der Waals surface area (Å²) < 4.78 is 11.0. The molecule has 0 aromatic heterocycles. The van der Waals surface area contributed by atoms with Gasteiger partial charge in [-0.1, -0.05) is 47.0 Å². The Morgan fingerprint density at radius 1 is 0.971 bits per heavy atom. The predicted molar refractivity (Wildman–Crippen MR) is 137 cm³/mol. The number of amides is 2. The van der Waals surface area contributed by atoms with Crippen LogP contribution in [0, 0.1) is 25.2 Å². The fraction of sp³-hybridized carbons (Fsp3) is 0.148. The molecule has 0 unspecified atom stereocenters. The van der Waals surface area contributed by atoms with Crippen LogP contribution in [0.4, 0.5) is 11.4 Å². The van der Waals surface area contributed by atoms with Crippen LogP contribution in [0.3, 0.4) is 0 Å². The Labute approximate surface area is 208 Å². The van der Waals surface area contributed by atoms with Gasteiger partial charge in [0.25, 0.3) is 11.8 Å². The number of nitrogens with one attached hydrogen (secondary N) is 2. The summed E-state index contributed by atoms with van der Waals surface area (Å²) in [6, 6.07) is 19.6. The maximum Gasteiger partial charge on any atom is 0.266 e. The standard InChI is InChI=1S/C27H24ClN3O4/c1-17-4-8-21(9-5-17)30-25(32)16-35-26-23(28)13-19(14-24(26)34-3)12-20(15-29)27(33)31-22-10-6-18(2)7-11-22/h4-14H,16H2,1-3H3,(H,30,32)(H,31,33)/b20-12+. The number of nitriles is 1. The zero-order valence-electron chi connectivity index (χ0n) is 19.5. The van der Waals surface area contributed by atoms with E-state index in [9.17, 15) is 14.9 Å². The highest BCUT2D eigenvalue weighted by Gasteiger charge is 2.16. The molecule has 3 rings (SSSR count). The lowest BCUT2D eigenvalue weighted by atomic mass is 10.1. The average molecular weight is 490 g/mol. The summed E-state index contributed by atoms with van der Waals surface area (Å²) in [6.45, 7) is 3.60. The number of rotatable bonds is 8. The van der Waals surface area contributed by atoms with Crippen LogP contribution in [-0.4, -0.2) is 25.5 Å². The number of anilines is 2. The molecule has 0 radical (unpaired) electrons. The minimum absolute atomic E-state index is 0.116. The smallest absolute Gasteiger partial charge is 0.266 e.